The summed E-state index contributed by atoms with van der Waals surface area (Å²) in [6.45, 7) is 24.0. The first-order valence-corrected chi connectivity index (χ1v) is 16.0. The summed E-state index contributed by atoms with van der Waals surface area (Å²) in [5.74, 6) is 1.90. The van der Waals surface area contributed by atoms with Gasteiger partial charge >= 0.3 is 26.2 Å². The molecule has 3 atom stereocenters. The summed E-state index contributed by atoms with van der Waals surface area (Å²) in [6.07, 6.45) is 13.9. The van der Waals surface area contributed by atoms with Crippen LogP contribution in [0.15, 0.2) is 71.3 Å². The van der Waals surface area contributed by atoms with Crippen molar-refractivity contribution >= 4 is 0 Å². The number of benzene rings is 2. The summed E-state index contributed by atoms with van der Waals surface area (Å²) >= 11 is 0. The zero-order valence-corrected chi connectivity index (χ0v) is 32.2. The van der Waals surface area contributed by atoms with Gasteiger partial charge in [-0.2, -0.15) is 0 Å². The van der Waals surface area contributed by atoms with E-state index in [2.05, 4.69) is 124 Å². The Kier molecular flexibility index (Phi) is 10.5. The maximum Gasteiger partial charge on any atom is 2.00 e. The zero-order chi connectivity index (χ0) is 28.8. The molecule has 4 aliphatic carbocycles. The van der Waals surface area contributed by atoms with Crippen LogP contribution in [0.5, 0.6) is 0 Å². The molecular formula is C40H52Cl2Zr. The Balaban J connectivity index is 0.00000169. The van der Waals surface area contributed by atoms with Crippen LogP contribution in [0.2, 0.25) is 0 Å². The molecule has 43 heavy (non-hydrogen) atoms. The van der Waals surface area contributed by atoms with Crippen LogP contribution in [0, 0.1) is 22.7 Å². The monoisotopic (exact) mass is 692 g/mol. The van der Waals surface area contributed by atoms with Gasteiger partial charge in [0, 0.05) is 11.3 Å². The van der Waals surface area contributed by atoms with Crippen LogP contribution >= 0.6 is 0 Å². The third kappa shape index (κ3) is 6.28. The molecule has 0 spiro atoms. The molecule has 0 aromatic heterocycles. The average Bonchev–Trinajstić information content (AvgIpc) is 3.53. The molecule has 3 unspecified atom stereocenters. The fourth-order valence-electron chi connectivity index (χ4n) is 8.43. The molecule has 0 amide bonds. The van der Waals surface area contributed by atoms with Gasteiger partial charge in [0.1, 0.15) is 0 Å². The van der Waals surface area contributed by atoms with Gasteiger partial charge < -0.3 is 24.8 Å². The Labute approximate surface area is 294 Å². The minimum absolute atomic E-state index is 0. The van der Waals surface area contributed by atoms with E-state index in [-0.39, 0.29) is 72.7 Å². The van der Waals surface area contributed by atoms with Gasteiger partial charge in [0.25, 0.3) is 0 Å². The topological polar surface area (TPSA) is 0 Å². The standard InChI is InChI=1S/C40H52.2ClH.Zr/c1-37(2,3)26-16-18-29-31(20-26)32-21-27(38(4,5)6)17-19-30(32)36(29)40(10)24-34(25-14-12-11-13-15-25)33-22-28(23-35(33)40)39(7,8)9;;;/h11-12,16-21,23,25,34,36H,13-15,22,24H2,1-10H3;2*1H;/q;;;+2/p-2. The Morgan fingerprint density at radius 2 is 1.26 bits per heavy atom. The molecule has 0 bridgehead atoms. The Morgan fingerprint density at radius 3 is 1.70 bits per heavy atom. The zero-order valence-electron chi connectivity index (χ0n) is 28.2. The SMILES string of the molecule is CC(C)(C)C1=CC2=C(C1)C(C1CC=CCC1)CC2(C)C1c2ccc(C(C)(C)C)cc2-c2cc(C(C)(C)C)ccc21.[Cl-].[Cl-].[Zr+2]. The predicted octanol–water partition coefficient (Wildman–Crippen LogP) is 5.45. The Morgan fingerprint density at radius 1 is 0.721 bits per heavy atom. The normalized spacial score (nSPS) is 24.8. The summed E-state index contributed by atoms with van der Waals surface area (Å²) in [4.78, 5) is 0. The molecule has 0 saturated heterocycles. The molecule has 3 heteroatoms. The van der Waals surface area contributed by atoms with Crippen molar-refractivity contribution in [2.45, 2.75) is 118 Å². The number of rotatable bonds is 2. The van der Waals surface area contributed by atoms with E-state index in [0.717, 1.165) is 5.92 Å². The van der Waals surface area contributed by atoms with Gasteiger partial charge in [-0.05, 0) is 99.1 Å². The van der Waals surface area contributed by atoms with Crippen LogP contribution in [0.1, 0.15) is 130 Å². The van der Waals surface area contributed by atoms with Gasteiger partial charge in [-0.3, -0.25) is 0 Å². The van der Waals surface area contributed by atoms with E-state index >= 15 is 0 Å². The van der Waals surface area contributed by atoms with Crippen LogP contribution in [-0.4, -0.2) is 0 Å². The third-order valence-corrected chi connectivity index (χ3v) is 11.0. The summed E-state index contributed by atoms with van der Waals surface area (Å²) in [6, 6.07) is 15.0. The second-order valence-corrected chi connectivity index (χ2v) is 16.8. The van der Waals surface area contributed by atoms with Crippen LogP contribution in [0.4, 0.5) is 0 Å². The van der Waals surface area contributed by atoms with Gasteiger partial charge in [0.05, 0.1) is 0 Å². The van der Waals surface area contributed by atoms with Crippen molar-refractivity contribution in [3.8, 4) is 11.1 Å². The van der Waals surface area contributed by atoms with Crippen molar-refractivity contribution in [2.24, 2.45) is 22.7 Å². The van der Waals surface area contributed by atoms with E-state index in [4.69, 9.17) is 0 Å². The van der Waals surface area contributed by atoms with Crippen LogP contribution in [0.25, 0.3) is 11.1 Å². The number of hydrogen-bond donors (Lipinski definition) is 0. The number of allylic oxidation sites excluding steroid dienone is 6. The third-order valence-electron chi connectivity index (χ3n) is 11.0. The molecule has 6 rings (SSSR count). The molecule has 0 fully saturated rings. The summed E-state index contributed by atoms with van der Waals surface area (Å²) < 4.78 is 0. The van der Waals surface area contributed by atoms with Crippen LogP contribution in [0.3, 0.4) is 0 Å². The number of hydrogen-bond acceptors (Lipinski definition) is 0. The molecule has 0 aliphatic heterocycles. The molecule has 0 saturated carbocycles. The van der Waals surface area contributed by atoms with E-state index in [1.54, 1.807) is 27.8 Å². The van der Waals surface area contributed by atoms with E-state index in [1.165, 1.54) is 54.4 Å². The van der Waals surface area contributed by atoms with Crippen molar-refractivity contribution in [3.05, 3.63) is 93.6 Å². The minimum atomic E-state index is 0. The van der Waals surface area contributed by atoms with Crippen molar-refractivity contribution in [1.82, 2.24) is 0 Å². The molecule has 2 aromatic rings. The quantitative estimate of drug-likeness (QED) is 0.367. The summed E-state index contributed by atoms with van der Waals surface area (Å²) in [5.41, 5.74) is 14.7. The molecule has 0 radical (unpaired) electrons. The first-order valence-electron chi connectivity index (χ1n) is 16.0. The molecule has 2 aromatic carbocycles. The molecular weight excluding hydrogens is 643 g/mol. The molecule has 4 aliphatic rings. The number of halogens is 2. The smallest absolute Gasteiger partial charge is 1.00 e. The van der Waals surface area contributed by atoms with E-state index in [0.29, 0.717) is 11.8 Å². The first kappa shape index (κ1) is 36.6. The molecule has 230 valence electrons. The minimum Gasteiger partial charge on any atom is -1.00 e. The summed E-state index contributed by atoms with van der Waals surface area (Å²) in [7, 11) is 0. The van der Waals surface area contributed by atoms with Crippen molar-refractivity contribution in [2.75, 3.05) is 0 Å². The van der Waals surface area contributed by atoms with Crippen molar-refractivity contribution in [3.63, 3.8) is 0 Å². The average molecular weight is 695 g/mol. The van der Waals surface area contributed by atoms with E-state index in [1.807, 2.05) is 0 Å². The fourth-order valence-corrected chi connectivity index (χ4v) is 8.43. The number of fused-ring (bicyclic) bond motifs is 3. The van der Waals surface area contributed by atoms with Gasteiger partial charge in [0.15, 0.2) is 0 Å². The van der Waals surface area contributed by atoms with Gasteiger partial charge in [0.2, 0.25) is 0 Å². The molecule has 0 heterocycles. The molecule has 0 nitrogen and oxygen atoms in total. The largest absolute Gasteiger partial charge is 2.00 e. The maximum atomic E-state index is 2.68. The van der Waals surface area contributed by atoms with Gasteiger partial charge in [-0.1, -0.05) is 135 Å². The van der Waals surface area contributed by atoms with E-state index in [9.17, 15) is 0 Å². The van der Waals surface area contributed by atoms with Crippen molar-refractivity contribution in [1.29, 1.82) is 0 Å². The Bertz CT molecular complexity index is 1390. The second-order valence-electron chi connectivity index (χ2n) is 16.8. The summed E-state index contributed by atoms with van der Waals surface area (Å²) in [5, 5.41) is 0. The van der Waals surface area contributed by atoms with Gasteiger partial charge in [-0.25, -0.2) is 0 Å². The van der Waals surface area contributed by atoms with E-state index < -0.39 is 0 Å². The fraction of sp³-hybridized carbons (Fsp3) is 0.550. The molecule has 0 N–H and O–H groups in total. The maximum absolute atomic E-state index is 2.68. The van der Waals surface area contributed by atoms with Crippen molar-refractivity contribution < 1.29 is 51.0 Å². The predicted molar refractivity (Wildman–Crippen MR) is 173 cm³/mol. The van der Waals surface area contributed by atoms with Crippen LogP contribution < -0.4 is 24.8 Å². The van der Waals surface area contributed by atoms with Gasteiger partial charge in [-0.15, -0.1) is 0 Å². The van der Waals surface area contributed by atoms with Crippen LogP contribution in [-0.2, 0) is 37.0 Å². The second kappa shape index (κ2) is 12.4. The first-order chi connectivity index (χ1) is 18.6. The Hall–Kier alpha value is -0.877.